The molecule has 0 saturated carbocycles. The molecule has 0 amide bonds. The van der Waals surface area contributed by atoms with Gasteiger partial charge in [0, 0.05) is 25.2 Å². The first kappa shape index (κ1) is 11.9. The zero-order chi connectivity index (χ0) is 13.7. The molecule has 0 fully saturated rings. The lowest BCUT2D eigenvalue weighted by Gasteiger charge is -2.12. The summed E-state index contributed by atoms with van der Waals surface area (Å²) in [6.07, 6.45) is 3.08. The molecule has 0 radical (unpaired) electrons. The van der Waals surface area contributed by atoms with Crippen LogP contribution in [0.5, 0.6) is 0 Å². The molecule has 1 heterocycles. The second kappa shape index (κ2) is 3.91. The zero-order valence-electron chi connectivity index (χ0n) is 10.8. The van der Waals surface area contributed by atoms with E-state index in [-0.39, 0.29) is 34.4 Å². The summed E-state index contributed by atoms with van der Waals surface area (Å²) < 4.78 is 6.61. The summed E-state index contributed by atoms with van der Waals surface area (Å²) >= 11 is 0. The molecule has 19 heavy (non-hydrogen) atoms. The van der Waals surface area contributed by atoms with Crippen LogP contribution in [0.15, 0.2) is 11.8 Å². The average Bonchev–Trinajstić information content (AvgIpc) is 2.70. The van der Waals surface area contributed by atoms with E-state index in [4.69, 9.17) is 4.74 Å². The van der Waals surface area contributed by atoms with Gasteiger partial charge < -0.3 is 9.30 Å². The molecule has 1 aromatic rings. The van der Waals surface area contributed by atoms with Crippen LogP contribution in [0, 0.1) is 0 Å². The number of nitrogens with zero attached hydrogens (tertiary/aromatic N) is 1. The highest BCUT2D eigenvalue weighted by Gasteiger charge is 2.37. The van der Waals surface area contributed by atoms with Gasteiger partial charge in [-0.15, -0.1) is 0 Å². The predicted molar refractivity (Wildman–Crippen MR) is 66.4 cm³/mol. The van der Waals surface area contributed by atoms with E-state index in [1.165, 1.54) is 13.2 Å². The molecule has 0 spiro atoms. The Morgan fingerprint density at radius 3 is 2.58 bits per heavy atom. The summed E-state index contributed by atoms with van der Waals surface area (Å²) in [5.41, 5.74) is 1.76. The van der Waals surface area contributed by atoms with E-state index >= 15 is 0 Å². The second-order valence-corrected chi connectivity index (χ2v) is 4.79. The molecule has 2 aliphatic rings. The van der Waals surface area contributed by atoms with Crippen molar-refractivity contribution in [3.63, 3.8) is 0 Å². The SMILES string of the molecule is COC1=CC(=O)c2c3c(n(C)c2C1=O)CCCC3=O. The number of aromatic nitrogens is 1. The van der Waals surface area contributed by atoms with Crippen LogP contribution in [0.2, 0.25) is 0 Å². The Hall–Kier alpha value is -2.17. The minimum atomic E-state index is -0.332. The molecule has 0 saturated heterocycles. The Morgan fingerprint density at radius 2 is 1.89 bits per heavy atom. The van der Waals surface area contributed by atoms with Crippen LogP contribution >= 0.6 is 0 Å². The molecule has 0 aromatic carbocycles. The molecular weight excluding hydrogens is 246 g/mol. The monoisotopic (exact) mass is 259 g/mol. The van der Waals surface area contributed by atoms with E-state index in [1.807, 2.05) is 0 Å². The smallest absolute Gasteiger partial charge is 0.244 e. The number of hydrogen-bond donors (Lipinski definition) is 0. The number of hydrogen-bond acceptors (Lipinski definition) is 4. The summed E-state index contributed by atoms with van der Waals surface area (Å²) in [7, 11) is 3.08. The molecule has 3 rings (SSSR count). The van der Waals surface area contributed by atoms with Crippen molar-refractivity contribution < 1.29 is 19.1 Å². The fourth-order valence-electron chi connectivity index (χ4n) is 2.90. The average molecular weight is 259 g/mol. The number of ether oxygens (including phenoxy) is 1. The number of fused-ring (bicyclic) bond motifs is 3. The van der Waals surface area contributed by atoms with Gasteiger partial charge in [0.25, 0.3) is 0 Å². The Labute approximate surface area is 109 Å². The Kier molecular flexibility index (Phi) is 2.45. The van der Waals surface area contributed by atoms with Gasteiger partial charge in [0.15, 0.2) is 17.3 Å². The van der Waals surface area contributed by atoms with E-state index in [9.17, 15) is 14.4 Å². The maximum Gasteiger partial charge on any atom is 0.244 e. The maximum atomic E-state index is 12.3. The van der Waals surface area contributed by atoms with E-state index < -0.39 is 0 Å². The van der Waals surface area contributed by atoms with Gasteiger partial charge in [0.2, 0.25) is 5.78 Å². The first-order chi connectivity index (χ1) is 9.06. The third-order valence-electron chi connectivity index (χ3n) is 3.78. The predicted octanol–water partition coefficient (Wildman–Crippen LogP) is 1.45. The Balaban J connectivity index is 2.32. The lowest BCUT2D eigenvalue weighted by atomic mass is 9.89. The highest BCUT2D eigenvalue weighted by Crippen LogP contribution is 2.33. The van der Waals surface area contributed by atoms with Crippen LogP contribution < -0.4 is 0 Å². The van der Waals surface area contributed by atoms with Crippen LogP contribution in [0.1, 0.15) is 49.7 Å². The molecule has 0 unspecified atom stereocenters. The number of rotatable bonds is 1. The maximum absolute atomic E-state index is 12.3. The number of carbonyl (C=O) groups excluding carboxylic acids is 3. The molecule has 0 N–H and O–H groups in total. The van der Waals surface area contributed by atoms with Crippen LogP contribution in [0.4, 0.5) is 0 Å². The van der Waals surface area contributed by atoms with Gasteiger partial charge in [-0.05, 0) is 12.8 Å². The molecule has 5 heteroatoms. The minimum Gasteiger partial charge on any atom is -0.492 e. The summed E-state index contributed by atoms with van der Waals surface area (Å²) in [4.78, 5) is 36.5. The molecular formula is C14H13NO4. The van der Waals surface area contributed by atoms with Gasteiger partial charge in [0.05, 0.1) is 18.2 Å². The molecule has 2 aliphatic carbocycles. The lowest BCUT2D eigenvalue weighted by Crippen LogP contribution is -2.20. The third kappa shape index (κ3) is 1.44. The fraction of sp³-hybridized carbons (Fsp3) is 0.357. The highest BCUT2D eigenvalue weighted by atomic mass is 16.5. The molecule has 0 bridgehead atoms. The first-order valence-corrected chi connectivity index (χ1v) is 6.15. The van der Waals surface area contributed by atoms with Crippen molar-refractivity contribution in [3.05, 3.63) is 34.3 Å². The van der Waals surface area contributed by atoms with Gasteiger partial charge in [-0.25, -0.2) is 0 Å². The normalized spacial score (nSPS) is 18.0. The second-order valence-electron chi connectivity index (χ2n) is 4.79. The molecule has 0 atom stereocenters. The van der Waals surface area contributed by atoms with E-state index in [1.54, 1.807) is 11.6 Å². The highest BCUT2D eigenvalue weighted by molar-refractivity contribution is 6.27. The number of methoxy groups -OCH3 is 1. The van der Waals surface area contributed by atoms with Crippen molar-refractivity contribution in [2.24, 2.45) is 7.05 Å². The van der Waals surface area contributed by atoms with Crippen LogP contribution in [-0.4, -0.2) is 29.0 Å². The van der Waals surface area contributed by atoms with Crippen molar-refractivity contribution in [3.8, 4) is 0 Å². The fourth-order valence-corrected chi connectivity index (χ4v) is 2.90. The van der Waals surface area contributed by atoms with Crippen molar-refractivity contribution in [2.75, 3.05) is 7.11 Å². The first-order valence-electron chi connectivity index (χ1n) is 6.15. The zero-order valence-corrected chi connectivity index (χ0v) is 10.8. The van der Waals surface area contributed by atoms with Gasteiger partial charge in [-0.3, -0.25) is 14.4 Å². The topological polar surface area (TPSA) is 65.4 Å². The van der Waals surface area contributed by atoms with Gasteiger partial charge in [-0.2, -0.15) is 0 Å². The van der Waals surface area contributed by atoms with Gasteiger partial charge in [0.1, 0.15) is 5.69 Å². The Bertz CT molecular complexity index is 663. The van der Waals surface area contributed by atoms with Crippen molar-refractivity contribution in [1.82, 2.24) is 4.57 Å². The summed E-state index contributed by atoms with van der Waals surface area (Å²) in [5, 5.41) is 0. The third-order valence-corrected chi connectivity index (χ3v) is 3.78. The van der Waals surface area contributed by atoms with Crippen molar-refractivity contribution in [2.45, 2.75) is 19.3 Å². The lowest BCUT2D eigenvalue weighted by molar-refractivity contribution is 0.0908. The number of carbonyl (C=O) groups is 3. The summed E-state index contributed by atoms with van der Waals surface area (Å²) in [5.74, 6) is -0.670. The van der Waals surface area contributed by atoms with Crippen molar-refractivity contribution in [1.29, 1.82) is 0 Å². The number of allylic oxidation sites excluding steroid dienone is 2. The largest absolute Gasteiger partial charge is 0.492 e. The van der Waals surface area contributed by atoms with E-state index in [0.29, 0.717) is 18.4 Å². The summed E-state index contributed by atoms with van der Waals surface area (Å²) in [6.45, 7) is 0. The molecule has 1 aromatic heterocycles. The van der Waals surface area contributed by atoms with E-state index in [2.05, 4.69) is 0 Å². The molecule has 5 nitrogen and oxygen atoms in total. The number of Topliss-reactive ketones (excluding diaryl/α,β-unsaturated/α-hetero) is 2. The standard InChI is InChI=1S/C14H13NO4/c1-15-7-4-3-5-8(16)11(7)12-9(17)6-10(19-2)14(18)13(12)15/h6H,3-5H2,1-2H3. The van der Waals surface area contributed by atoms with Crippen LogP contribution in [0.25, 0.3) is 0 Å². The van der Waals surface area contributed by atoms with Crippen molar-refractivity contribution >= 4 is 17.3 Å². The molecule has 0 aliphatic heterocycles. The minimum absolute atomic E-state index is 0.0305. The number of ketones is 3. The quantitative estimate of drug-likeness (QED) is 0.765. The summed E-state index contributed by atoms with van der Waals surface area (Å²) in [6, 6.07) is 0. The van der Waals surface area contributed by atoms with Crippen LogP contribution in [0.3, 0.4) is 0 Å². The van der Waals surface area contributed by atoms with Gasteiger partial charge >= 0.3 is 0 Å². The molecule has 98 valence electrons. The Morgan fingerprint density at radius 1 is 1.16 bits per heavy atom. The van der Waals surface area contributed by atoms with E-state index in [0.717, 1.165) is 12.1 Å². The van der Waals surface area contributed by atoms with Crippen LogP contribution in [-0.2, 0) is 18.2 Å². The van der Waals surface area contributed by atoms with Gasteiger partial charge in [-0.1, -0.05) is 0 Å².